The quantitative estimate of drug-likeness (QED) is 0.410. The maximum absolute atomic E-state index is 13.2. The molecule has 1 aliphatic carbocycles. The van der Waals surface area contributed by atoms with Crippen LogP contribution < -0.4 is 15.5 Å². The van der Waals surface area contributed by atoms with Crippen LogP contribution in [-0.2, 0) is 9.59 Å². The average molecular weight is 595 g/mol. The Morgan fingerprint density at radius 1 is 0.886 bits per heavy atom. The lowest BCUT2D eigenvalue weighted by Gasteiger charge is -2.57. The molecule has 2 saturated heterocycles. The molecule has 0 aromatic heterocycles. The molecule has 3 heterocycles. The molecule has 1 atom stereocenters. The lowest BCUT2D eigenvalue weighted by atomic mass is 9.52. The van der Waals surface area contributed by atoms with Gasteiger partial charge in [0, 0.05) is 48.3 Å². The van der Waals surface area contributed by atoms with Crippen molar-refractivity contribution in [3.63, 3.8) is 0 Å². The predicted octanol–water partition coefficient (Wildman–Crippen LogP) is 3.91. The third kappa shape index (κ3) is 5.38. The van der Waals surface area contributed by atoms with E-state index in [4.69, 9.17) is 0 Å². The van der Waals surface area contributed by atoms with Gasteiger partial charge in [0.05, 0.1) is 11.1 Å². The van der Waals surface area contributed by atoms with Crippen molar-refractivity contribution in [3.8, 4) is 11.8 Å². The number of fused-ring (bicyclic) bond motifs is 1. The van der Waals surface area contributed by atoms with Gasteiger partial charge in [0.2, 0.25) is 11.8 Å². The van der Waals surface area contributed by atoms with E-state index >= 15 is 0 Å². The van der Waals surface area contributed by atoms with Gasteiger partial charge in [-0.25, -0.2) is 0 Å². The van der Waals surface area contributed by atoms with Gasteiger partial charge in [0.15, 0.2) is 0 Å². The number of hydrogen-bond donors (Lipinski definition) is 2. The summed E-state index contributed by atoms with van der Waals surface area (Å²) < 4.78 is 0. The largest absolute Gasteiger partial charge is 0.371 e. The smallest absolute Gasteiger partial charge is 0.262 e. The number of hydrogen-bond acceptors (Lipinski definition) is 6. The fourth-order valence-corrected chi connectivity index (χ4v) is 7.74. The van der Waals surface area contributed by atoms with E-state index in [0.29, 0.717) is 5.56 Å². The van der Waals surface area contributed by atoms with Crippen LogP contribution in [0.25, 0.3) is 0 Å². The molecule has 44 heavy (non-hydrogen) atoms. The minimum absolute atomic E-state index is 0.0518. The summed E-state index contributed by atoms with van der Waals surface area (Å²) in [5.74, 6) is 4.82. The Labute approximate surface area is 257 Å². The maximum atomic E-state index is 13.2. The molecular weight excluding hydrogens is 556 g/mol. The molecule has 228 valence electrons. The molecule has 3 aliphatic heterocycles. The van der Waals surface area contributed by atoms with Crippen LogP contribution in [0, 0.1) is 28.6 Å². The monoisotopic (exact) mass is 594 g/mol. The SMILES string of the molecule is CC1(C)CC(C)(C)C1NC(=O)c1ccc(C#CC2CCN(c3ccc4c(c3)C(=O)N(C3CCC(=O)NC3=O)C4=O)CC2)cc1. The number of carbonyl (C=O) groups excluding carboxylic acids is 5. The Hall–Kier alpha value is -4.45. The summed E-state index contributed by atoms with van der Waals surface area (Å²) in [7, 11) is 0. The van der Waals surface area contributed by atoms with E-state index in [1.54, 1.807) is 12.1 Å². The van der Waals surface area contributed by atoms with E-state index in [1.807, 2.05) is 30.3 Å². The molecule has 0 spiro atoms. The molecule has 9 nitrogen and oxygen atoms in total. The fourth-order valence-electron chi connectivity index (χ4n) is 7.74. The number of rotatable bonds is 4. The van der Waals surface area contributed by atoms with Gasteiger partial charge in [-0.3, -0.25) is 34.2 Å². The molecule has 4 aliphatic rings. The van der Waals surface area contributed by atoms with E-state index in [2.05, 4.69) is 55.1 Å². The molecule has 5 amide bonds. The van der Waals surface area contributed by atoms with Crippen LogP contribution in [-0.4, -0.2) is 59.6 Å². The van der Waals surface area contributed by atoms with Crippen molar-refractivity contribution >= 4 is 35.2 Å². The first-order valence-corrected chi connectivity index (χ1v) is 15.4. The van der Waals surface area contributed by atoms with Crippen molar-refractivity contribution in [1.29, 1.82) is 0 Å². The van der Waals surface area contributed by atoms with Crippen LogP contribution in [0.15, 0.2) is 42.5 Å². The standard InChI is InChI=1S/C35H38N4O5/c1-34(2)20-35(3,4)33(34)37-29(41)23-9-7-21(8-10-23)5-6-22-15-17-38(18-16-22)24-11-12-25-26(19-24)32(44)39(31(25)43)27-13-14-28(40)36-30(27)42/h7-12,19,22,27,33H,13-18,20H2,1-4H3,(H,37,41)(H,36,40,42). The van der Waals surface area contributed by atoms with Crippen molar-refractivity contribution in [2.75, 3.05) is 18.0 Å². The second kappa shape index (κ2) is 10.9. The minimum Gasteiger partial charge on any atom is -0.371 e. The molecule has 3 fully saturated rings. The first kappa shape index (κ1) is 29.6. The zero-order chi connectivity index (χ0) is 31.4. The number of amides is 5. The molecule has 2 aromatic carbocycles. The van der Waals surface area contributed by atoms with Crippen LogP contribution >= 0.6 is 0 Å². The van der Waals surface area contributed by atoms with Gasteiger partial charge in [-0.05, 0) is 79.0 Å². The van der Waals surface area contributed by atoms with E-state index in [0.717, 1.165) is 48.5 Å². The maximum Gasteiger partial charge on any atom is 0.262 e. The van der Waals surface area contributed by atoms with Gasteiger partial charge in [0.1, 0.15) is 6.04 Å². The highest BCUT2D eigenvalue weighted by atomic mass is 16.2. The first-order chi connectivity index (χ1) is 20.8. The van der Waals surface area contributed by atoms with Crippen LogP contribution in [0.5, 0.6) is 0 Å². The number of anilines is 1. The van der Waals surface area contributed by atoms with Crippen molar-refractivity contribution in [3.05, 3.63) is 64.7 Å². The van der Waals surface area contributed by atoms with Gasteiger partial charge < -0.3 is 10.2 Å². The predicted molar refractivity (Wildman–Crippen MR) is 165 cm³/mol. The van der Waals surface area contributed by atoms with Crippen LogP contribution in [0.3, 0.4) is 0 Å². The minimum atomic E-state index is -0.974. The summed E-state index contributed by atoms with van der Waals surface area (Å²) in [5, 5.41) is 5.45. The summed E-state index contributed by atoms with van der Waals surface area (Å²) in [6.07, 6.45) is 3.01. The van der Waals surface area contributed by atoms with Crippen LogP contribution in [0.2, 0.25) is 0 Å². The van der Waals surface area contributed by atoms with E-state index in [9.17, 15) is 24.0 Å². The highest BCUT2D eigenvalue weighted by molar-refractivity contribution is 6.23. The summed E-state index contributed by atoms with van der Waals surface area (Å²) in [4.78, 5) is 66.1. The van der Waals surface area contributed by atoms with Crippen molar-refractivity contribution in [1.82, 2.24) is 15.5 Å². The first-order valence-electron chi connectivity index (χ1n) is 15.4. The molecule has 2 N–H and O–H groups in total. The topological polar surface area (TPSA) is 116 Å². The number of nitrogens with zero attached hydrogens (tertiary/aromatic N) is 2. The highest BCUT2D eigenvalue weighted by Crippen LogP contribution is 2.53. The van der Waals surface area contributed by atoms with Gasteiger partial charge in [-0.2, -0.15) is 0 Å². The van der Waals surface area contributed by atoms with Crippen molar-refractivity contribution < 1.29 is 24.0 Å². The summed E-state index contributed by atoms with van der Waals surface area (Å²) in [6.45, 7) is 10.3. The molecule has 1 unspecified atom stereocenters. The van der Waals surface area contributed by atoms with Gasteiger partial charge in [-0.1, -0.05) is 39.5 Å². The Kier molecular flexibility index (Phi) is 7.35. The van der Waals surface area contributed by atoms with E-state index < -0.39 is 29.7 Å². The number of imide groups is 2. The lowest BCUT2D eigenvalue weighted by molar-refractivity contribution is -0.136. The van der Waals surface area contributed by atoms with Crippen molar-refractivity contribution in [2.24, 2.45) is 16.7 Å². The third-order valence-electron chi connectivity index (χ3n) is 9.60. The molecule has 6 rings (SSSR count). The summed E-state index contributed by atoms with van der Waals surface area (Å²) in [6, 6.07) is 11.9. The third-order valence-corrected chi connectivity index (χ3v) is 9.60. The Morgan fingerprint density at radius 2 is 1.55 bits per heavy atom. The van der Waals surface area contributed by atoms with Gasteiger partial charge in [-0.15, -0.1) is 0 Å². The number of benzene rings is 2. The van der Waals surface area contributed by atoms with Crippen molar-refractivity contribution in [2.45, 2.75) is 71.9 Å². The Bertz CT molecular complexity index is 1610. The van der Waals surface area contributed by atoms with E-state index in [-0.39, 0.29) is 52.7 Å². The van der Waals surface area contributed by atoms with Gasteiger partial charge >= 0.3 is 0 Å². The van der Waals surface area contributed by atoms with Crippen LogP contribution in [0.1, 0.15) is 96.4 Å². The second-order valence-electron chi connectivity index (χ2n) is 13.8. The zero-order valence-electron chi connectivity index (χ0n) is 25.7. The number of piperidine rings is 2. The average Bonchev–Trinajstić information content (AvgIpc) is 3.23. The molecular formula is C35H38N4O5. The molecule has 1 saturated carbocycles. The Morgan fingerprint density at radius 3 is 2.18 bits per heavy atom. The summed E-state index contributed by atoms with van der Waals surface area (Å²) in [5.41, 5.74) is 3.11. The normalized spacial score (nSPS) is 23.0. The van der Waals surface area contributed by atoms with Gasteiger partial charge in [0.25, 0.3) is 17.7 Å². The van der Waals surface area contributed by atoms with E-state index in [1.165, 1.54) is 0 Å². The highest BCUT2D eigenvalue weighted by Gasteiger charge is 2.53. The molecule has 0 bridgehead atoms. The van der Waals surface area contributed by atoms with Crippen LogP contribution in [0.4, 0.5) is 5.69 Å². The zero-order valence-corrected chi connectivity index (χ0v) is 25.7. The second-order valence-corrected chi connectivity index (χ2v) is 13.8. The Balaban J connectivity index is 1.04. The lowest BCUT2D eigenvalue weighted by Crippen LogP contribution is -2.63. The molecule has 0 radical (unpaired) electrons. The fraction of sp³-hybridized carbons (Fsp3) is 0.457. The number of nitrogens with one attached hydrogen (secondary N) is 2. The molecule has 9 heteroatoms. The molecule has 2 aromatic rings. The number of carbonyl (C=O) groups is 5. The summed E-state index contributed by atoms with van der Waals surface area (Å²) >= 11 is 0.